The van der Waals surface area contributed by atoms with Gasteiger partial charge in [-0.3, -0.25) is 13.9 Å². The number of carbonyl (C=O) groups is 2. The van der Waals surface area contributed by atoms with Gasteiger partial charge in [-0.2, -0.15) is 0 Å². The zero-order valence-corrected chi connectivity index (χ0v) is 26.2. The minimum atomic E-state index is -4.11. The molecule has 0 fully saturated rings. The van der Waals surface area contributed by atoms with Crippen LogP contribution in [-0.4, -0.2) is 50.9 Å². The molecular weight excluding hydrogens is 550 g/mol. The van der Waals surface area contributed by atoms with E-state index in [0.29, 0.717) is 17.9 Å². The Morgan fingerprint density at radius 1 is 0.881 bits per heavy atom. The molecule has 0 heterocycles. The van der Waals surface area contributed by atoms with Crippen molar-refractivity contribution in [2.45, 2.75) is 76.9 Å². The van der Waals surface area contributed by atoms with Crippen LogP contribution in [0.4, 0.5) is 5.69 Å². The van der Waals surface area contributed by atoms with Gasteiger partial charge in [0.1, 0.15) is 18.3 Å². The molecule has 0 aromatic heterocycles. The SMILES string of the molecule is CC[C@H](C(=O)N[C@@H](C)CC)N(Cc1cccc(OC)c1)C(=O)CN(c1ccc(C(C)C)cc1)S(=O)(=O)c1ccccc1. The van der Waals surface area contributed by atoms with Gasteiger partial charge >= 0.3 is 0 Å². The summed E-state index contributed by atoms with van der Waals surface area (Å²) in [7, 11) is -2.55. The Morgan fingerprint density at radius 3 is 2.12 bits per heavy atom. The predicted molar refractivity (Wildman–Crippen MR) is 167 cm³/mol. The van der Waals surface area contributed by atoms with Crippen LogP contribution < -0.4 is 14.4 Å². The highest BCUT2D eigenvalue weighted by Gasteiger charge is 2.34. The van der Waals surface area contributed by atoms with Gasteiger partial charge in [-0.15, -0.1) is 0 Å². The van der Waals surface area contributed by atoms with E-state index in [0.717, 1.165) is 21.9 Å². The molecule has 0 aliphatic heterocycles. The highest BCUT2D eigenvalue weighted by Crippen LogP contribution is 2.27. The molecule has 8 nitrogen and oxygen atoms in total. The normalized spacial score (nSPS) is 12.8. The third-order valence-corrected chi connectivity index (χ3v) is 9.12. The van der Waals surface area contributed by atoms with Gasteiger partial charge < -0.3 is 15.0 Å². The summed E-state index contributed by atoms with van der Waals surface area (Å²) in [5.41, 5.74) is 2.18. The lowest BCUT2D eigenvalue weighted by Crippen LogP contribution is -2.53. The molecule has 0 saturated heterocycles. The fourth-order valence-electron chi connectivity index (χ4n) is 4.60. The third-order valence-electron chi connectivity index (χ3n) is 7.33. The number of benzene rings is 3. The molecule has 9 heteroatoms. The molecule has 0 bridgehead atoms. The molecule has 0 radical (unpaired) electrons. The maximum absolute atomic E-state index is 14.2. The van der Waals surface area contributed by atoms with E-state index < -0.39 is 28.5 Å². The molecular formula is C33H43N3O5S. The van der Waals surface area contributed by atoms with E-state index in [9.17, 15) is 18.0 Å². The molecule has 0 saturated carbocycles. The van der Waals surface area contributed by atoms with Crippen molar-refractivity contribution >= 4 is 27.5 Å². The summed E-state index contributed by atoms with van der Waals surface area (Å²) in [6.45, 7) is 9.47. The van der Waals surface area contributed by atoms with Gasteiger partial charge in [-0.05, 0) is 73.2 Å². The van der Waals surface area contributed by atoms with Crippen molar-refractivity contribution in [3.8, 4) is 5.75 Å². The van der Waals surface area contributed by atoms with Crippen LogP contribution in [0.15, 0.2) is 83.8 Å². The molecule has 3 rings (SSSR count). The molecule has 226 valence electrons. The number of sulfonamides is 1. The molecule has 0 unspecified atom stereocenters. The number of ether oxygens (including phenoxy) is 1. The first-order chi connectivity index (χ1) is 20.0. The fourth-order valence-corrected chi connectivity index (χ4v) is 6.04. The number of hydrogen-bond acceptors (Lipinski definition) is 5. The molecule has 2 atom stereocenters. The van der Waals surface area contributed by atoms with Gasteiger partial charge in [0.2, 0.25) is 11.8 Å². The number of nitrogens with zero attached hydrogens (tertiary/aromatic N) is 2. The first-order valence-electron chi connectivity index (χ1n) is 14.4. The maximum atomic E-state index is 14.2. The first kappa shape index (κ1) is 32.7. The number of carbonyl (C=O) groups excluding carboxylic acids is 2. The summed E-state index contributed by atoms with van der Waals surface area (Å²) in [6.07, 6.45) is 1.09. The second-order valence-electron chi connectivity index (χ2n) is 10.7. The van der Waals surface area contributed by atoms with E-state index in [4.69, 9.17) is 4.74 Å². The average molecular weight is 594 g/mol. The van der Waals surface area contributed by atoms with Crippen LogP contribution >= 0.6 is 0 Å². The Bertz CT molecular complexity index is 1430. The summed E-state index contributed by atoms with van der Waals surface area (Å²) in [5.74, 6) is 0.112. The van der Waals surface area contributed by atoms with E-state index in [2.05, 4.69) is 19.2 Å². The number of amides is 2. The zero-order valence-electron chi connectivity index (χ0n) is 25.4. The average Bonchev–Trinajstić information content (AvgIpc) is 3.00. The van der Waals surface area contributed by atoms with Gasteiger partial charge in [0.25, 0.3) is 10.0 Å². The van der Waals surface area contributed by atoms with Crippen LogP contribution in [0.5, 0.6) is 5.75 Å². The molecule has 0 aliphatic carbocycles. The lowest BCUT2D eigenvalue weighted by Gasteiger charge is -2.33. The van der Waals surface area contributed by atoms with Crippen LogP contribution in [0, 0.1) is 0 Å². The monoisotopic (exact) mass is 593 g/mol. The van der Waals surface area contributed by atoms with Gasteiger partial charge in [0, 0.05) is 12.6 Å². The molecule has 2 amide bonds. The van der Waals surface area contributed by atoms with Crippen molar-refractivity contribution in [2.75, 3.05) is 18.0 Å². The molecule has 0 aliphatic rings. The quantitative estimate of drug-likeness (QED) is 0.257. The lowest BCUT2D eigenvalue weighted by molar-refractivity contribution is -0.140. The molecule has 0 spiro atoms. The van der Waals surface area contributed by atoms with Crippen molar-refractivity contribution in [1.82, 2.24) is 10.2 Å². The standard InChI is InChI=1S/C33H43N3O5S/c1-7-25(5)34-33(38)31(8-2)35(22-26-13-12-14-29(21-26)41-6)32(37)23-36(28-19-17-27(18-20-28)24(3)4)42(39,40)30-15-10-9-11-16-30/h9-21,24-25,31H,7-8,22-23H2,1-6H3,(H,34,38)/t25-,31+/m0/s1. The Kier molecular flexibility index (Phi) is 11.6. The van der Waals surface area contributed by atoms with E-state index >= 15 is 0 Å². The maximum Gasteiger partial charge on any atom is 0.264 e. The van der Waals surface area contributed by atoms with Crippen LogP contribution in [0.1, 0.15) is 64.5 Å². The highest BCUT2D eigenvalue weighted by atomic mass is 32.2. The second-order valence-corrected chi connectivity index (χ2v) is 12.5. The van der Waals surface area contributed by atoms with E-state index in [1.807, 2.05) is 51.1 Å². The molecule has 1 N–H and O–H groups in total. The van der Waals surface area contributed by atoms with Gasteiger partial charge in [0.05, 0.1) is 17.7 Å². The minimum Gasteiger partial charge on any atom is -0.497 e. The zero-order chi connectivity index (χ0) is 30.9. The number of rotatable bonds is 14. The van der Waals surface area contributed by atoms with Crippen LogP contribution in [0.25, 0.3) is 0 Å². The van der Waals surface area contributed by atoms with Crippen molar-refractivity contribution in [3.63, 3.8) is 0 Å². The third kappa shape index (κ3) is 8.12. The van der Waals surface area contributed by atoms with Gasteiger partial charge in [0.15, 0.2) is 0 Å². The Hall–Kier alpha value is -3.85. The Balaban J connectivity index is 2.07. The summed E-state index contributed by atoms with van der Waals surface area (Å²) < 4.78 is 34.4. The minimum absolute atomic E-state index is 0.0743. The first-order valence-corrected chi connectivity index (χ1v) is 15.9. The second kappa shape index (κ2) is 14.9. The van der Waals surface area contributed by atoms with Crippen LogP contribution in [0.3, 0.4) is 0 Å². The summed E-state index contributed by atoms with van der Waals surface area (Å²) in [6, 6.07) is 21.7. The van der Waals surface area contributed by atoms with Crippen LogP contribution in [-0.2, 0) is 26.2 Å². The number of hydrogen-bond donors (Lipinski definition) is 1. The Labute approximate surface area is 250 Å². The number of nitrogens with one attached hydrogen (secondary N) is 1. The van der Waals surface area contributed by atoms with Crippen molar-refractivity contribution in [3.05, 3.63) is 90.0 Å². The van der Waals surface area contributed by atoms with Crippen LogP contribution in [0.2, 0.25) is 0 Å². The smallest absolute Gasteiger partial charge is 0.264 e. The number of anilines is 1. The summed E-state index contributed by atoms with van der Waals surface area (Å²) in [4.78, 5) is 29.2. The van der Waals surface area contributed by atoms with Crippen molar-refractivity contribution in [2.24, 2.45) is 0 Å². The van der Waals surface area contributed by atoms with Crippen molar-refractivity contribution < 1.29 is 22.7 Å². The Morgan fingerprint density at radius 2 is 1.55 bits per heavy atom. The summed E-state index contributed by atoms with van der Waals surface area (Å²) in [5, 5.41) is 2.99. The summed E-state index contributed by atoms with van der Waals surface area (Å²) >= 11 is 0. The van der Waals surface area contributed by atoms with E-state index in [-0.39, 0.29) is 29.3 Å². The molecule has 42 heavy (non-hydrogen) atoms. The predicted octanol–water partition coefficient (Wildman–Crippen LogP) is 5.74. The van der Waals surface area contributed by atoms with E-state index in [1.165, 1.54) is 17.0 Å². The fraction of sp³-hybridized carbons (Fsp3) is 0.394. The molecule has 3 aromatic rings. The van der Waals surface area contributed by atoms with Crippen molar-refractivity contribution in [1.29, 1.82) is 0 Å². The van der Waals surface area contributed by atoms with E-state index in [1.54, 1.807) is 43.5 Å². The largest absolute Gasteiger partial charge is 0.497 e. The van der Waals surface area contributed by atoms with Gasteiger partial charge in [-0.25, -0.2) is 8.42 Å². The molecule has 3 aromatic carbocycles. The number of methoxy groups -OCH3 is 1. The lowest BCUT2D eigenvalue weighted by atomic mass is 10.0. The highest BCUT2D eigenvalue weighted by molar-refractivity contribution is 7.92. The topological polar surface area (TPSA) is 96.0 Å². The van der Waals surface area contributed by atoms with Gasteiger partial charge in [-0.1, -0.05) is 70.2 Å².